The number of amides is 3. The number of rotatable bonds is 6. The fraction of sp³-hybridized carbons (Fsp3) is 0.609. The van der Waals surface area contributed by atoms with Gasteiger partial charge in [-0.25, -0.2) is 0 Å². The summed E-state index contributed by atoms with van der Waals surface area (Å²) < 4.78 is 0. The normalized spacial score (nSPS) is 29.4. The average molecular weight is 398 g/mol. The van der Waals surface area contributed by atoms with Crippen LogP contribution in [0.5, 0.6) is 0 Å². The lowest BCUT2D eigenvalue weighted by atomic mass is 9.49. The van der Waals surface area contributed by atoms with E-state index in [1.54, 1.807) is 12.1 Å². The Hall–Kier alpha value is -2.37. The summed E-state index contributed by atoms with van der Waals surface area (Å²) in [6, 6.07) is 5.41. The summed E-state index contributed by atoms with van der Waals surface area (Å²) in [5.74, 6) is 2.06. The summed E-state index contributed by atoms with van der Waals surface area (Å²) in [5, 5.41) is 8.70. The molecule has 4 saturated carbocycles. The van der Waals surface area contributed by atoms with Gasteiger partial charge in [0.2, 0.25) is 17.7 Å². The largest absolute Gasteiger partial charge is 0.355 e. The number of hydrogen-bond donors (Lipinski definition) is 3. The predicted molar refractivity (Wildman–Crippen MR) is 112 cm³/mol. The molecule has 0 atom stereocenters. The van der Waals surface area contributed by atoms with E-state index in [9.17, 15) is 14.4 Å². The number of nitrogens with one attached hydrogen (secondary N) is 3. The van der Waals surface area contributed by atoms with Gasteiger partial charge in [0, 0.05) is 36.7 Å². The van der Waals surface area contributed by atoms with Crippen molar-refractivity contribution in [2.45, 2.75) is 58.8 Å². The maximum Gasteiger partial charge on any atom is 0.226 e. The van der Waals surface area contributed by atoms with Crippen molar-refractivity contribution in [3.05, 3.63) is 23.8 Å². The first-order valence-electron chi connectivity index (χ1n) is 10.8. The third-order valence-corrected chi connectivity index (χ3v) is 7.08. The molecule has 0 radical (unpaired) electrons. The molecule has 0 spiro atoms. The number of anilines is 2. The summed E-state index contributed by atoms with van der Waals surface area (Å²) in [6.45, 7) is 3.67. The molecule has 0 aliphatic heterocycles. The van der Waals surface area contributed by atoms with Gasteiger partial charge in [-0.1, -0.05) is 6.07 Å². The molecule has 5 rings (SSSR count). The maximum atomic E-state index is 13.0. The van der Waals surface area contributed by atoms with Crippen molar-refractivity contribution in [1.29, 1.82) is 0 Å². The van der Waals surface area contributed by atoms with Crippen LogP contribution in [0.25, 0.3) is 0 Å². The predicted octanol–water partition coefficient (Wildman–Crippen LogP) is 3.61. The molecular weight excluding hydrogens is 366 g/mol. The summed E-state index contributed by atoms with van der Waals surface area (Å²) in [6.07, 6.45) is 7.27. The van der Waals surface area contributed by atoms with Gasteiger partial charge in [-0.3, -0.25) is 14.4 Å². The van der Waals surface area contributed by atoms with Crippen molar-refractivity contribution < 1.29 is 14.4 Å². The number of benzene rings is 1. The van der Waals surface area contributed by atoms with E-state index in [1.165, 1.54) is 26.2 Å². The molecule has 6 heteroatoms. The van der Waals surface area contributed by atoms with E-state index in [4.69, 9.17) is 0 Å². The van der Waals surface area contributed by atoms with Gasteiger partial charge in [0.05, 0.1) is 0 Å². The minimum atomic E-state index is -0.172. The van der Waals surface area contributed by atoms with E-state index in [2.05, 4.69) is 16.0 Å². The Bertz CT molecular complexity index is 797. The summed E-state index contributed by atoms with van der Waals surface area (Å²) >= 11 is 0. The van der Waals surface area contributed by atoms with Gasteiger partial charge in [-0.05, 0) is 80.9 Å². The Labute approximate surface area is 172 Å². The molecule has 29 heavy (non-hydrogen) atoms. The van der Waals surface area contributed by atoms with Crippen LogP contribution in [-0.2, 0) is 14.4 Å². The average Bonchev–Trinajstić information content (AvgIpc) is 2.63. The molecule has 4 bridgehead atoms. The molecule has 6 nitrogen and oxygen atoms in total. The molecular formula is C23H31N3O3. The topological polar surface area (TPSA) is 87.3 Å². The highest BCUT2D eigenvalue weighted by Gasteiger charge is 2.54. The molecule has 0 aromatic heterocycles. The van der Waals surface area contributed by atoms with Crippen molar-refractivity contribution in [2.75, 3.05) is 17.2 Å². The minimum absolute atomic E-state index is 0.140. The molecule has 4 fully saturated rings. The van der Waals surface area contributed by atoms with Crippen LogP contribution in [0.3, 0.4) is 0 Å². The third kappa shape index (κ3) is 4.16. The summed E-state index contributed by atoms with van der Waals surface area (Å²) in [7, 11) is 0. The lowest BCUT2D eigenvalue weighted by Gasteiger charge is -2.55. The second-order valence-electron chi connectivity index (χ2n) is 9.41. The van der Waals surface area contributed by atoms with Crippen LogP contribution in [0.15, 0.2) is 18.2 Å². The quantitative estimate of drug-likeness (QED) is 0.685. The Balaban J connectivity index is 1.29. The SMILES string of the molecule is CC(=O)Nc1cccc(NC(=O)CCNC(=O)C23CC4CC(CC(C4)C2)C3)c1C. The van der Waals surface area contributed by atoms with E-state index in [1.807, 2.05) is 13.0 Å². The standard InChI is InChI=1S/C23H31N3O3/c1-14-19(25-15(2)27)4-3-5-20(14)26-21(28)6-7-24-22(29)23-11-16-8-17(12-23)10-18(9-16)13-23/h3-5,16-18H,6-13H2,1-2H3,(H,24,29)(H,25,27)(H,26,28). The first kappa shape index (κ1) is 19.9. The number of carbonyl (C=O) groups excluding carboxylic acids is 3. The molecule has 4 aliphatic carbocycles. The van der Waals surface area contributed by atoms with Crippen molar-refractivity contribution in [3.63, 3.8) is 0 Å². The van der Waals surface area contributed by atoms with Gasteiger partial charge in [0.1, 0.15) is 0 Å². The molecule has 1 aromatic rings. The fourth-order valence-corrected chi connectivity index (χ4v) is 6.17. The van der Waals surface area contributed by atoms with Crippen LogP contribution in [0.4, 0.5) is 11.4 Å². The number of hydrogen-bond acceptors (Lipinski definition) is 3. The van der Waals surface area contributed by atoms with E-state index < -0.39 is 0 Å². The van der Waals surface area contributed by atoms with E-state index in [-0.39, 0.29) is 29.6 Å². The van der Waals surface area contributed by atoms with Crippen LogP contribution in [0.1, 0.15) is 57.4 Å². The molecule has 3 amide bonds. The van der Waals surface area contributed by atoms with Crippen molar-refractivity contribution in [3.8, 4) is 0 Å². The Morgan fingerprint density at radius 3 is 2.07 bits per heavy atom. The first-order valence-corrected chi connectivity index (χ1v) is 10.8. The molecule has 156 valence electrons. The van der Waals surface area contributed by atoms with E-state index in [0.29, 0.717) is 17.9 Å². The lowest BCUT2D eigenvalue weighted by molar-refractivity contribution is -0.146. The highest BCUT2D eigenvalue weighted by atomic mass is 16.2. The smallest absolute Gasteiger partial charge is 0.226 e. The van der Waals surface area contributed by atoms with Crippen molar-refractivity contribution in [1.82, 2.24) is 5.32 Å². The Morgan fingerprint density at radius 2 is 1.52 bits per heavy atom. The van der Waals surface area contributed by atoms with Gasteiger partial charge >= 0.3 is 0 Å². The van der Waals surface area contributed by atoms with Gasteiger partial charge < -0.3 is 16.0 Å². The Morgan fingerprint density at radius 1 is 0.966 bits per heavy atom. The Kier molecular flexibility index (Phi) is 5.36. The molecule has 3 N–H and O–H groups in total. The first-order chi connectivity index (χ1) is 13.8. The van der Waals surface area contributed by atoms with Gasteiger partial charge in [-0.15, -0.1) is 0 Å². The van der Waals surface area contributed by atoms with Crippen LogP contribution in [-0.4, -0.2) is 24.3 Å². The zero-order chi connectivity index (χ0) is 20.6. The molecule has 0 saturated heterocycles. The van der Waals surface area contributed by atoms with Crippen LogP contribution >= 0.6 is 0 Å². The third-order valence-electron chi connectivity index (χ3n) is 7.08. The fourth-order valence-electron chi connectivity index (χ4n) is 6.17. The maximum absolute atomic E-state index is 13.0. The lowest BCUT2D eigenvalue weighted by Crippen LogP contribution is -2.53. The number of carbonyl (C=O) groups is 3. The summed E-state index contributed by atoms with van der Waals surface area (Å²) in [5.41, 5.74) is 2.00. The van der Waals surface area contributed by atoms with Crippen molar-refractivity contribution in [2.24, 2.45) is 23.2 Å². The highest BCUT2D eigenvalue weighted by Crippen LogP contribution is 2.60. The minimum Gasteiger partial charge on any atom is -0.355 e. The van der Waals surface area contributed by atoms with Crippen LogP contribution < -0.4 is 16.0 Å². The van der Waals surface area contributed by atoms with Crippen LogP contribution in [0.2, 0.25) is 0 Å². The van der Waals surface area contributed by atoms with E-state index >= 15 is 0 Å². The van der Waals surface area contributed by atoms with Gasteiger partial charge in [0.15, 0.2) is 0 Å². The second-order valence-corrected chi connectivity index (χ2v) is 9.41. The molecule has 1 aromatic carbocycles. The second kappa shape index (κ2) is 7.81. The van der Waals surface area contributed by atoms with Crippen LogP contribution in [0, 0.1) is 30.1 Å². The molecule has 0 heterocycles. The highest BCUT2D eigenvalue weighted by molar-refractivity contribution is 5.95. The zero-order valence-corrected chi connectivity index (χ0v) is 17.3. The monoisotopic (exact) mass is 397 g/mol. The van der Waals surface area contributed by atoms with Crippen molar-refractivity contribution >= 4 is 29.1 Å². The van der Waals surface area contributed by atoms with Gasteiger partial charge in [0.25, 0.3) is 0 Å². The van der Waals surface area contributed by atoms with E-state index in [0.717, 1.165) is 42.6 Å². The molecule has 0 unspecified atom stereocenters. The zero-order valence-electron chi connectivity index (χ0n) is 17.3. The van der Waals surface area contributed by atoms with Gasteiger partial charge in [-0.2, -0.15) is 0 Å². The molecule has 4 aliphatic rings. The summed E-state index contributed by atoms with van der Waals surface area (Å²) in [4.78, 5) is 36.6.